The van der Waals surface area contributed by atoms with E-state index >= 15 is 0 Å². The van der Waals surface area contributed by atoms with Crippen LogP contribution < -0.4 is 11.1 Å². The van der Waals surface area contributed by atoms with Gasteiger partial charge >= 0.3 is 5.97 Å². The molecule has 0 aliphatic rings. The molecule has 0 saturated heterocycles. The molecule has 1 heterocycles. The maximum atomic E-state index is 11.8. The van der Waals surface area contributed by atoms with Gasteiger partial charge in [0, 0.05) is 17.8 Å². The third-order valence-corrected chi connectivity index (χ3v) is 2.89. The van der Waals surface area contributed by atoms with Crippen molar-refractivity contribution in [2.45, 2.75) is 26.3 Å². The van der Waals surface area contributed by atoms with E-state index in [9.17, 15) is 14.4 Å². The zero-order valence-corrected chi connectivity index (χ0v) is 11.5. The van der Waals surface area contributed by atoms with Crippen molar-refractivity contribution in [3.63, 3.8) is 0 Å². The fourth-order valence-electron chi connectivity index (χ4n) is 1.32. The summed E-state index contributed by atoms with van der Waals surface area (Å²) < 4.78 is 4.77. The molecule has 0 aromatic carbocycles. The van der Waals surface area contributed by atoms with Gasteiger partial charge in [-0.2, -0.15) is 0 Å². The van der Waals surface area contributed by atoms with Crippen LogP contribution in [-0.4, -0.2) is 35.4 Å². The molecule has 2 amide bonds. The lowest BCUT2D eigenvalue weighted by Crippen LogP contribution is -2.35. The molecule has 19 heavy (non-hydrogen) atoms. The number of aromatic nitrogens is 1. The van der Waals surface area contributed by atoms with Gasteiger partial charge in [0.1, 0.15) is 5.69 Å². The molecule has 0 spiro atoms. The summed E-state index contributed by atoms with van der Waals surface area (Å²) in [5.74, 6) is -1.52. The summed E-state index contributed by atoms with van der Waals surface area (Å²) in [4.78, 5) is 37.7. The van der Waals surface area contributed by atoms with E-state index in [0.717, 1.165) is 11.3 Å². The van der Waals surface area contributed by atoms with Crippen LogP contribution in [0, 0.1) is 0 Å². The van der Waals surface area contributed by atoms with Gasteiger partial charge in [-0.25, -0.2) is 9.78 Å². The van der Waals surface area contributed by atoms with Crippen LogP contribution in [-0.2, 0) is 9.53 Å². The third kappa shape index (κ3) is 4.66. The van der Waals surface area contributed by atoms with E-state index in [1.165, 1.54) is 5.38 Å². The molecule has 0 saturated carbocycles. The van der Waals surface area contributed by atoms with Gasteiger partial charge in [-0.15, -0.1) is 11.3 Å². The van der Waals surface area contributed by atoms with Crippen LogP contribution in [0.5, 0.6) is 0 Å². The predicted molar refractivity (Wildman–Crippen MR) is 68.8 cm³/mol. The van der Waals surface area contributed by atoms with E-state index in [2.05, 4.69) is 10.3 Å². The van der Waals surface area contributed by atoms with Crippen molar-refractivity contribution in [1.29, 1.82) is 0 Å². The van der Waals surface area contributed by atoms with Crippen molar-refractivity contribution in [1.82, 2.24) is 10.3 Å². The van der Waals surface area contributed by atoms with E-state index in [4.69, 9.17) is 10.5 Å². The number of primary amides is 1. The molecular formula is C11H15N3O4S. The first-order chi connectivity index (χ1) is 8.93. The van der Waals surface area contributed by atoms with Crippen LogP contribution in [0.15, 0.2) is 5.38 Å². The minimum atomic E-state index is -0.559. The van der Waals surface area contributed by atoms with Gasteiger partial charge < -0.3 is 15.8 Å². The number of rotatable bonds is 6. The number of ether oxygens (including phenoxy) is 1. The number of hydrogen-bond acceptors (Lipinski definition) is 6. The van der Waals surface area contributed by atoms with E-state index in [1.54, 1.807) is 13.8 Å². The van der Waals surface area contributed by atoms with Gasteiger partial charge in [0.2, 0.25) is 10.9 Å². The highest BCUT2D eigenvalue weighted by atomic mass is 32.1. The first kappa shape index (κ1) is 15.1. The van der Waals surface area contributed by atoms with Crippen LogP contribution in [0.4, 0.5) is 0 Å². The summed E-state index contributed by atoms with van der Waals surface area (Å²) in [6.07, 6.45) is 0.0423. The minimum absolute atomic E-state index is 0.0423. The van der Waals surface area contributed by atoms with Gasteiger partial charge in [0.05, 0.1) is 6.61 Å². The Hall–Kier alpha value is -1.96. The zero-order valence-electron chi connectivity index (χ0n) is 10.6. The number of amides is 2. The second-order valence-electron chi connectivity index (χ2n) is 3.80. The van der Waals surface area contributed by atoms with Gasteiger partial charge in [-0.05, 0) is 13.8 Å². The number of nitrogens with two attached hydrogens (primary N) is 1. The van der Waals surface area contributed by atoms with E-state index in [0.29, 0.717) is 0 Å². The number of esters is 1. The quantitative estimate of drug-likeness (QED) is 0.731. The Bertz CT molecular complexity index is 486. The van der Waals surface area contributed by atoms with Gasteiger partial charge in [-0.1, -0.05) is 0 Å². The smallest absolute Gasteiger partial charge is 0.367 e. The molecule has 3 N–H and O–H groups in total. The largest absolute Gasteiger partial charge is 0.461 e. The average Bonchev–Trinajstić information content (AvgIpc) is 2.77. The average molecular weight is 285 g/mol. The summed E-state index contributed by atoms with van der Waals surface area (Å²) in [7, 11) is 0. The monoisotopic (exact) mass is 285 g/mol. The lowest BCUT2D eigenvalue weighted by atomic mass is 10.2. The minimum Gasteiger partial charge on any atom is -0.461 e. The lowest BCUT2D eigenvalue weighted by Gasteiger charge is -2.10. The Morgan fingerprint density at radius 3 is 2.79 bits per heavy atom. The maximum Gasteiger partial charge on any atom is 0.367 e. The lowest BCUT2D eigenvalue weighted by molar-refractivity contribution is -0.118. The molecule has 8 heteroatoms. The number of hydrogen-bond donors (Lipinski definition) is 2. The van der Waals surface area contributed by atoms with Crippen LogP contribution in [0.3, 0.4) is 0 Å². The Balaban J connectivity index is 2.63. The Morgan fingerprint density at radius 1 is 1.53 bits per heavy atom. The molecule has 0 fully saturated rings. The second kappa shape index (κ2) is 6.83. The Kier molecular flexibility index (Phi) is 5.43. The van der Waals surface area contributed by atoms with E-state index in [-0.39, 0.29) is 23.7 Å². The van der Waals surface area contributed by atoms with Gasteiger partial charge in [0.25, 0.3) is 5.91 Å². The molecule has 104 valence electrons. The van der Waals surface area contributed by atoms with Crippen LogP contribution in [0.1, 0.15) is 40.6 Å². The molecule has 7 nitrogen and oxygen atoms in total. The maximum absolute atomic E-state index is 11.8. The fraction of sp³-hybridized carbons (Fsp3) is 0.455. The SMILES string of the molecule is CCOC(=O)c1nc(C(=O)NC(C)CC(N)=O)cs1. The number of carbonyl (C=O) groups is 3. The summed E-state index contributed by atoms with van der Waals surface area (Å²) in [6, 6.07) is -0.391. The summed E-state index contributed by atoms with van der Waals surface area (Å²) >= 11 is 1.03. The highest BCUT2D eigenvalue weighted by Gasteiger charge is 2.18. The molecule has 0 aliphatic carbocycles. The highest BCUT2D eigenvalue weighted by Crippen LogP contribution is 2.11. The first-order valence-corrected chi connectivity index (χ1v) is 6.53. The molecule has 1 aromatic heterocycles. The molecule has 1 unspecified atom stereocenters. The van der Waals surface area contributed by atoms with Crippen molar-refractivity contribution < 1.29 is 19.1 Å². The second-order valence-corrected chi connectivity index (χ2v) is 4.66. The van der Waals surface area contributed by atoms with Gasteiger partial charge in [-0.3, -0.25) is 9.59 Å². The van der Waals surface area contributed by atoms with Gasteiger partial charge in [0.15, 0.2) is 0 Å². The van der Waals surface area contributed by atoms with Crippen molar-refractivity contribution in [3.05, 3.63) is 16.1 Å². The Morgan fingerprint density at radius 2 is 2.21 bits per heavy atom. The Labute approximate surface area is 114 Å². The molecule has 1 atom stereocenters. The van der Waals surface area contributed by atoms with E-state index < -0.39 is 23.8 Å². The topological polar surface area (TPSA) is 111 Å². The first-order valence-electron chi connectivity index (χ1n) is 5.65. The molecule has 1 rings (SSSR count). The van der Waals surface area contributed by atoms with E-state index in [1.807, 2.05) is 0 Å². The van der Waals surface area contributed by atoms with Crippen molar-refractivity contribution in [3.8, 4) is 0 Å². The number of thiazole rings is 1. The van der Waals surface area contributed by atoms with Crippen LogP contribution in [0.2, 0.25) is 0 Å². The third-order valence-electron chi connectivity index (χ3n) is 2.07. The van der Waals surface area contributed by atoms with Crippen molar-refractivity contribution in [2.75, 3.05) is 6.61 Å². The van der Waals surface area contributed by atoms with Crippen LogP contribution in [0.25, 0.3) is 0 Å². The predicted octanol–water partition coefficient (Wildman–Crippen LogP) is 0.314. The molecule has 0 radical (unpaired) electrons. The summed E-state index contributed by atoms with van der Waals surface area (Å²) in [5, 5.41) is 4.14. The fourth-order valence-corrected chi connectivity index (χ4v) is 2.00. The van der Waals surface area contributed by atoms with Crippen LogP contribution >= 0.6 is 11.3 Å². The molecule has 1 aromatic rings. The zero-order chi connectivity index (χ0) is 14.4. The number of nitrogens with zero attached hydrogens (tertiary/aromatic N) is 1. The normalized spacial score (nSPS) is 11.7. The van der Waals surface area contributed by atoms with Crippen molar-refractivity contribution in [2.24, 2.45) is 5.73 Å². The molecular weight excluding hydrogens is 270 g/mol. The number of carbonyl (C=O) groups excluding carboxylic acids is 3. The highest BCUT2D eigenvalue weighted by molar-refractivity contribution is 7.11. The number of nitrogens with one attached hydrogen (secondary N) is 1. The molecule has 0 aliphatic heterocycles. The standard InChI is InChI=1S/C11H15N3O4S/c1-3-18-11(17)10-14-7(5-19-10)9(16)13-6(2)4-8(12)15/h5-6H,3-4H2,1-2H3,(H2,12,15)(H,13,16). The summed E-state index contributed by atoms with van der Waals surface area (Å²) in [6.45, 7) is 3.58. The summed E-state index contributed by atoms with van der Waals surface area (Å²) in [5.41, 5.74) is 5.14. The van der Waals surface area contributed by atoms with Crippen molar-refractivity contribution >= 4 is 29.1 Å². The molecule has 0 bridgehead atoms.